The highest BCUT2D eigenvalue weighted by molar-refractivity contribution is 7.94. The van der Waals surface area contributed by atoms with Gasteiger partial charge in [0, 0.05) is 6.92 Å². The SMILES string of the molecule is CC(=O)Nc1nc(C)c(S(=O)(=O)Nc2ccc(C)c(C#N)c2)s1. The predicted octanol–water partition coefficient (Wildman–Crippen LogP) is 2.39. The average Bonchev–Trinajstić information content (AvgIpc) is 2.81. The molecular weight excluding hydrogens is 336 g/mol. The Bertz CT molecular complexity index is 911. The molecule has 23 heavy (non-hydrogen) atoms. The summed E-state index contributed by atoms with van der Waals surface area (Å²) in [6.07, 6.45) is 0. The first-order chi connectivity index (χ1) is 10.7. The highest BCUT2D eigenvalue weighted by atomic mass is 32.2. The number of rotatable bonds is 4. The van der Waals surface area contributed by atoms with Crippen molar-refractivity contribution in [2.75, 3.05) is 10.0 Å². The van der Waals surface area contributed by atoms with E-state index in [0.29, 0.717) is 16.9 Å². The Morgan fingerprint density at radius 3 is 2.65 bits per heavy atom. The Balaban J connectivity index is 2.34. The third-order valence-corrected chi connectivity index (χ3v) is 5.96. The molecule has 0 bridgehead atoms. The van der Waals surface area contributed by atoms with Crippen LogP contribution in [-0.4, -0.2) is 19.3 Å². The van der Waals surface area contributed by atoms with E-state index in [4.69, 9.17) is 5.26 Å². The fourth-order valence-electron chi connectivity index (χ4n) is 1.84. The van der Waals surface area contributed by atoms with Crippen LogP contribution >= 0.6 is 11.3 Å². The Morgan fingerprint density at radius 1 is 1.35 bits per heavy atom. The van der Waals surface area contributed by atoms with Gasteiger partial charge in [-0.15, -0.1) is 0 Å². The molecule has 0 saturated carbocycles. The van der Waals surface area contributed by atoms with Crippen LogP contribution in [0.15, 0.2) is 22.4 Å². The highest BCUT2D eigenvalue weighted by Gasteiger charge is 2.22. The lowest BCUT2D eigenvalue weighted by molar-refractivity contribution is -0.114. The van der Waals surface area contributed by atoms with Gasteiger partial charge < -0.3 is 5.32 Å². The molecule has 7 nitrogen and oxygen atoms in total. The first-order valence-corrected chi connectivity index (χ1v) is 8.81. The third-order valence-electron chi connectivity index (χ3n) is 2.89. The Hall–Kier alpha value is -2.44. The third kappa shape index (κ3) is 3.85. The molecule has 9 heteroatoms. The summed E-state index contributed by atoms with van der Waals surface area (Å²) in [4.78, 5) is 15.1. The summed E-state index contributed by atoms with van der Waals surface area (Å²) in [6.45, 7) is 4.63. The van der Waals surface area contributed by atoms with Gasteiger partial charge in [-0.05, 0) is 31.5 Å². The largest absolute Gasteiger partial charge is 0.302 e. The van der Waals surface area contributed by atoms with Gasteiger partial charge in [0.25, 0.3) is 10.0 Å². The first kappa shape index (κ1) is 16.9. The van der Waals surface area contributed by atoms with Gasteiger partial charge in [-0.2, -0.15) is 5.26 Å². The van der Waals surface area contributed by atoms with Gasteiger partial charge in [-0.1, -0.05) is 17.4 Å². The maximum atomic E-state index is 12.5. The minimum absolute atomic E-state index is 0.0142. The molecule has 1 heterocycles. The molecule has 0 spiro atoms. The van der Waals surface area contributed by atoms with Crippen LogP contribution in [0.1, 0.15) is 23.7 Å². The molecule has 1 amide bonds. The number of carbonyl (C=O) groups excluding carboxylic acids is 1. The number of hydrogen-bond acceptors (Lipinski definition) is 6. The van der Waals surface area contributed by atoms with Crippen LogP contribution in [0.5, 0.6) is 0 Å². The van der Waals surface area contributed by atoms with Crippen molar-refractivity contribution in [1.82, 2.24) is 4.98 Å². The molecule has 0 unspecified atom stereocenters. The Kier molecular flexibility index (Phi) is 4.68. The quantitative estimate of drug-likeness (QED) is 0.879. The van der Waals surface area contributed by atoms with Crippen molar-refractivity contribution in [3.63, 3.8) is 0 Å². The van der Waals surface area contributed by atoms with E-state index in [0.717, 1.165) is 16.9 Å². The lowest BCUT2D eigenvalue weighted by Gasteiger charge is -2.08. The molecular formula is C14H14N4O3S2. The minimum Gasteiger partial charge on any atom is -0.302 e. The van der Waals surface area contributed by atoms with Crippen LogP contribution < -0.4 is 10.0 Å². The number of aromatic nitrogens is 1. The fraction of sp³-hybridized carbons (Fsp3) is 0.214. The molecule has 0 aliphatic rings. The van der Waals surface area contributed by atoms with Crippen molar-refractivity contribution in [2.45, 2.75) is 25.0 Å². The van der Waals surface area contributed by atoms with Crippen molar-refractivity contribution in [1.29, 1.82) is 5.26 Å². The summed E-state index contributed by atoms with van der Waals surface area (Å²) >= 11 is 0.869. The van der Waals surface area contributed by atoms with Crippen LogP contribution in [0.4, 0.5) is 10.8 Å². The van der Waals surface area contributed by atoms with E-state index in [2.05, 4.69) is 15.0 Å². The second-order valence-electron chi connectivity index (χ2n) is 4.82. The van der Waals surface area contributed by atoms with Gasteiger partial charge in [0.15, 0.2) is 9.34 Å². The molecule has 2 N–H and O–H groups in total. The van der Waals surface area contributed by atoms with Crippen LogP contribution in [0, 0.1) is 25.2 Å². The van der Waals surface area contributed by atoms with Gasteiger partial charge >= 0.3 is 0 Å². The lowest BCUT2D eigenvalue weighted by atomic mass is 10.1. The minimum atomic E-state index is -3.85. The van der Waals surface area contributed by atoms with E-state index >= 15 is 0 Å². The standard InChI is InChI=1S/C14H14N4O3S2/c1-8-4-5-12(6-11(8)7-15)18-23(20,21)13-9(2)16-14(22-13)17-10(3)19/h4-6,18H,1-3H3,(H,16,17,19). The number of hydrogen-bond donors (Lipinski definition) is 2. The van der Waals surface area contributed by atoms with Crippen LogP contribution in [0.2, 0.25) is 0 Å². The number of benzene rings is 1. The van der Waals surface area contributed by atoms with Crippen LogP contribution in [0.3, 0.4) is 0 Å². The zero-order valence-corrected chi connectivity index (χ0v) is 14.3. The fourth-order valence-corrected chi connectivity index (χ4v) is 4.35. The Morgan fingerprint density at radius 2 is 2.04 bits per heavy atom. The molecule has 1 aromatic heterocycles. The zero-order chi connectivity index (χ0) is 17.2. The maximum Gasteiger partial charge on any atom is 0.273 e. The number of amides is 1. The number of nitriles is 1. The van der Waals surface area contributed by atoms with E-state index in [1.165, 1.54) is 13.0 Å². The molecule has 0 aliphatic carbocycles. The topological polar surface area (TPSA) is 112 Å². The summed E-state index contributed by atoms with van der Waals surface area (Å²) < 4.78 is 27.4. The molecule has 120 valence electrons. The van der Waals surface area contributed by atoms with Gasteiger partial charge in [-0.25, -0.2) is 13.4 Å². The number of aryl methyl sites for hydroxylation is 2. The zero-order valence-electron chi connectivity index (χ0n) is 12.7. The summed E-state index contributed by atoms with van der Waals surface area (Å²) in [5.41, 5.74) is 1.74. The summed E-state index contributed by atoms with van der Waals surface area (Å²) in [7, 11) is -3.85. The van der Waals surface area contributed by atoms with E-state index < -0.39 is 10.0 Å². The van der Waals surface area contributed by atoms with E-state index in [9.17, 15) is 13.2 Å². The number of nitrogens with one attached hydrogen (secondary N) is 2. The number of thiazole rings is 1. The monoisotopic (exact) mass is 350 g/mol. The van der Waals surface area contributed by atoms with E-state index in [1.54, 1.807) is 26.0 Å². The summed E-state index contributed by atoms with van der Waals surface area (Å²) in [5, 5.41) is 11.7. The molecule has 0 saturated heterocycles. The van der Waals surface area contributed by atoms with Gasteiger partial charge in [-0.3, -0.25) is 9.52 Å². The molecule has 1 aromatic carbocycles. The normalized spacial score (nSPS) is 10.9. The van der Waals surface area contributed by atoms with Gasteiger partial charge in [0.05, 0.1) is 23.0 Å². The molecule has 0 atom stereocenters. The molecule has 2 aromatic rings. The lowest BCUT2D eigenvalue weighted by Crippen LogP contribution is -2.12. The van der Waals surface area contributed by atoms with Gasteiger partial charge in [0.2, 0.25) is 5.91 Å². The second-order valence-corrected chi connectivity index (χ2v) is 7.70. The average molecular weight is 350 g/mol. The smallest absolute Gasteiger partial charge is 0.273 e. The van der Waals surface area contributed by atoms with Crippen molar-refractivity contribution in [3.8, 4) is 6.07 Å². The summed E-state index contributed by atoms with van der Waals surface area (Å²) in [5.74, 6) is -0.326. The molecule has 0 fully saturated rings. The molecule has 0 radical (unpaired) electrons. The van der Waals surface area contributed by atoms with Gasteiger partial charge in [0.1, 0.15) is 0 Å². The summed E-state index contributed by atoms with van der Waals surface area (Å²) in [6, 6.07) is 6.72. The highest BCUT2D eigenvalue weighted by Crippen LogP contribution is 2.29. The van der Waals surface area contributed by atoms with Crippen molar-refractivity contribution < 1.29 is 13.2 Å². The number of nitrogens with zero attached hydrogens (tertiary/aromatic N) is 2. The molecule has 0 aliphatic heterocycles. The molecule has 2 rings (SSSR count). The number of anilines is 2. The maximum absolute atomic E-state index is 12.5. The number of carbonyl (C=O) groups is 1. The second kappa shape index (κ2) is 6.36. The van der Waals surface area contributed by atoms with Crippen molar-refractivity contribution >= 4 is 38.1 Å². The van der Waals surface area contributed by atoms with Crippen molar-refractivity contribution in [2.24, 2.45) is 0 Å². The van der Waals surface area contributed by atoms with E-state index in [1.807, 2.05) is 6.07 Å². The van der Waals surface area contributed by atoms with Crippen molar-refractivity contribution in [3.05, 3.63) is 35.0 Å². The van der Waals surface area contributed by atoms with Crippen LogP contribution in [-0.2, 0) is 14.8 Å². The number of sulfonamides is 1. The predicted molar refractivity (Wildman–Crippen MR) is 87.9 cm³/mol. The van der Waals surface area contributed by atoms with E-state index in [-0.39, 0.29) is 15.2 Å². The Labute approximate surface area is 138 Å². The van der Waals surface area contributed by atoms with Crippen LogP contribution in [0.25, 0.3) is 0 Å². The first-order valence-electron chi connectivity index (χ1n) is 6.51.